The molecule has 0 aliphatic heterocycles. The van der Waals surface area contributed by atoms with Crippen LogP contribution in [0.3, 0.4) is 0 Å². The van der Waals surface area contributed by atoms with Crippen molar-refractivity contribution in [2.75, 3.05) is 19.1 Å². The lowest BCUT2D eigenvalue weighted by Gasteiger charge is -2.21. The van der Waals surface area contributed by atoms with Gasteiger partial charge in [0.05, 0.1) is 5.69 Å². The van der Waals surface area contributed by atoms with Gasteiger partial charge in [0.25, 0.3) is 0 Å². The maximum absolute atomic E-state index is 6.31. The zero-order chi connectivity index (χ0) is 33.6. The molecule has 4 aromatic carbocycles. The fraction of sp³-hybridized carbons (Fsp3) is 0.195. The van der Waals surface area contributed by atoms with E-state index in [4.69, 9.17) is 10.7 Å². The lowest BCUT2D eigenvalue weighted by Crippen LogP contribution is -2.01. The van der Waals surface area contributed by atoms with E-state index in [1.807, 2.05) is 32.2 Å². The summed E-state index contributed by atoms with van der Waals surface area (Å²) >= 11 is 6.24. The first-order valence-electron chi connectivity index (χ1n) is 15.6. The molecule has 0 saturated carbocycles. The zero-order valence-corrected chi connectivity index (χ0v) is 29.5. The third-order valence-corrected chi connectivity index (χ3v) is 8.82. The Morgan fingerprint density at radius 2 is 1.59 bits per heavy atom. The van der Waals surface area contributed by atoms with Gasteiger partial charge in [0, 0.05) is 23.7 Å². The van der Waals surface area contributed by atoms with Gasteiger partial charge in [-0.3, -0.25) is 4.98 Å². The first-order chi connectivity index (χ1) is 22.5. The Labute approximate surface area is 285 Å². The molecule has 1 aromatic heterocycles. The first-order valence-corrected chi connectivity index (χ1v) is 17.7. The molecule has 0 aliphatic carbocycles. The van der Waals surface area contributed by atoms with Crippen LogP contribution in [0.4, 0.5) is 0 Å². The summed E-state index contributed by atoms with van der Waals surface area (Å²) in [6.45, 7) is 14.6. The molecule has 1 unspecified atom stereocenters. The molecule has 238 valence electrons. The minimum absolute atomic E-state index is 0.309. The molecular formula is C41H47N3S2. The van der Waals surface area contributed by atoms with E-state index < -0.39 is 0 Å². The largest absolute Gasteiger partial charge is 0.404 e. The summed E-state index contributed by atoms with van der Waals surface area (Å²) in [4.78, 5) is 4.81. The minimum Gasteiger partial charge on any atom is -0.404 e. The number of fused-ring (bicyclic) bond motifs is 2. The van der Waals surface area contributed by atoms with Crippen LogP contribution in [0.2, 0.25) is 0 Å². The van der Waals surface area contributed by atoms with Gasteiger partial charge in [-0.2, -0.15) is 24.4 Å². The maximum atomic E-state index is 6.31. The summed E-state index contributed by atoms with van der Waals surface area (Å²) in [7, 11) is 1.50. The third-order valence-electron chi connectivity index (χ3n) is 7.66. The first kappa shape index (κ1) is 36.4. The highest BCUT2D eigenvalue weighted by molar-refractivity contribution is 7.97. The molecule has 5 aromatic rings. The predicted molar refractivity (Wildman–Crippen MR) is 213 cm³/mol. The number of pyridine rings is 1. The zero-order valence-electron chi connectivity index (χ0n) is 27.8. The van der Waals surface area contributed by atoms with Crippen LogP contribution in [-0.2, 0) is 5.75 Å². The van der Waals surface area contributed by atoms with E-state index in [-0.39, 0.29) is 0 Å². The Morgan fingerprint density at radius 3 is 2.22 bits per heavy atom. The van der Waals surface area contributed by atoms with Crippen LogP contribution in [0.1, 0.15) is 43.2 Å². The average molecular weight is 646 g/mol. The molecule has 0 fully saturated rings. The van der Waals surface area contributed by atoms with Crippen LogP contribution in [0.5, 0.6) is 0 Å². The lowest BCUT2D eigenvalue weighted by atomic mass is 9.82. The van der Waals surface area contributed by atoms with Crippen molar-refractivity contribution in [2.24, 2.45) is 17.4 Å². The van der Waals surface area contributed by atoms with E-state index >= 15 is 0 Å². The number of nitrogens with two attached hydrogens (primary N) is 2. The molecule has 3 nitrogen and oxygen atoms in total. The number of aromatic nitrogens is 1. The molecule has 5 heteroatoms. The second-order valence-corrected chi connectivity index (χ2v) is 11.6. The molecule has 1 atom stereocenters. The predicted octanol–water partition coefficient (Wildman–Crippen LogP) is 10.9. The number of thioether (sulfide) groups is 1. The van der Waals surface area contributed by atoms with Gasteiger partial charge in [-0.15, -0.1) is 0 Å². The smallest absolute Gasteiger partial charge is 0.0502 e. The summed E-state index contributed by atoms with van der Waals surface area (Å²) in [5.41, 5.74) is 20.3. The van der Waals surface area contributed by atoms with Crippen LogP contribution >= 0.6 is 24.4 Å². The molecule has 0 spiro atoms. The van der Waals surface area contributed by atoms with E-state index in [1.165, 1.54) is 23.4 Å². The summed E-state index contributed by atoms with van der Waals surface area (Å²) in [6, 6.07) is 26.0. The standard InChI is InChI=1S/C38H36N2S2.C2H6.CH5N/c1-5-31-32(6-2)38(29-16-18-30(24-42-4)40-22-29)36-20-27(34-13-9-11-26-10-7-8-12-33(26)34)17-19-35(36)37(31)28(21-39)15-14-25(3)23-41;2*1-2/h5-22,25,41H,1-2,23-24,39H2,3-4H3;1-2H3;2H2,1H3/b15-14-,28-21+;;. The summed E-state index contributed by atoms with van der Waals surface area (Å²) in [5.74, 6) is 1.94. The number of thiol groups is 1. The van der Waals surface area contributed by atoms with Crippen LogP contribution in [-0.4, -0.2) is 24.0 Å². The van der Waals surface area contributed by atoms with Crippen LogP contribution in [0.15, 0.2) is 111 Å². The van der Waals surface area contributed by atoms with Crippen molar-refractivity contribution in [3.63, 3.8) is 0 Å². The van der Waals surface area contributed by atoms with Crippen LogP contribution in [0.25, 0.3) is 61.5 Å². The van der Waals surface area contributed by atoms with Crippen molar-refractivity contribution < 1.29 is 0 Å². The lowest BCUT2D eigenvalue weighted by molar-refractivity contribution is 0.850. The number of nitrogens with zero attached hydrogens (tertiary/aromatic N) is 1. The van der Waals surface area contributed by atoms with Gasteiger partial charge in [-0.05, 0) is 97.6 Å². The molecule has 0 amide bonds. The van der Waals surface area contributed by atoms with Crippen molar-refractivity contribution in [1.82, 2.24) is 4.98 Å². The van der Waals surface area contributed by atoms with E-state index in [0.717, 1.165) is 66.9 Å². The fourth-order valence-electron chi connectivity index (χ4n) is 5.58. The number of hydrogen-bond donors (Lipinski definition) is 3. The molecule has 1 heterocycles. The van der Waals surface area contributed by atoms with Crippen molar-refractivity contribution in [2.45, 2.75) is 26.5 Å². The second kappa shape index (κ2) is 18.2. The van der Waals surface area contributed by atoms with Crippen molar-refractivity contribution in [3.8, 4) is 22.3 Å². The van der Waals surface area contributed by atoms with E-state index in [9.17, 15) is 0 Å². The molecular weight excluding hydrogens is 599 g/mol. The Balaban J connectivity index is 0.00000139. The topological polar surface area (TPSA) is 64.9 Å². The molecule has 0 bridgehead atoms. The van der Waals surface area contributed by atoms with E-state index in [2.05, 4.69) is 130 Å². The Hall–Kier alpha value is -4.03. The Morgan fingerprint density at radius 1 is 0.891 bits per heavy atom. The molecule has 46 heavy (non-hydrogen) atoms. The number of hydrogen-bond acceptors (Lipinski definition) is 5. The van der Waals surface area contributed by atoms with E-state index in [0.29, 0.717) is 5.92 Å². The normalized spacial score (nSPS) is 11.8. The minimum atomic E-state index is 0.309. The van der Waals surface area contributed by atoms with Crippen LogP contribution in [0, 0.1) is 5.92 Å². The molecule has 0 radical (unpaired) electrons. The Bertz CT molecular complexity index is 1830. The monoisotopic (exact) mass is 645 g/mol. The van der Waals surface area contributed by atoms with Crippen LogP contribution < -0.4 is 11.5 Å². The fourth-order valence-corrected chi connectivity index (χ4v) is 6.16. The van der Waals surface area contributed by atoms with Crippen molar-refractivity contribution in [1.29, 1.82) is 0 Å². The maximum Gasteiger partial charge on any atom is 0.0502 e. The summed E-state index contributed by atoms with van der Waals surface area (Å²) < 4.78 is 0. The Kier molecular flexibility index (Phi) is 14.4. The van der Waals surface area contributed by atoms with Crippen molar-refractivity contribution in [3.05, 3.63) is 133 Å². The van der Waals surface area contributed by atoms with Gasteiger partial charge >= 0.3 is 0 Å². The second-order valence-electron chi connectivity index (χ2n) is 10.4. The van der Waals surface area contributed by atoms with Gasteiger partial charge < -0.3 is 11.5 Å². The third kappa shape index (κ3) is 7.84. The van der Waals surface area contributed by atoms with Gasteiger partial charge in [0.2, 0.25) is 0 Å². The van der Waals surface area contributed by atoms with E-state index in [1.54, 1.807) is 18.0 Å². The molecule has 5 rings (SSSR count). The highest BCUT2D eigenvalue weighted by Gasteiger charge is 2.20. The highest BCUT2D eigenvalue weighted by atomic mass is 32.2. The number of allylic oxidation sites excluding steroid dienone is 3. The van der Waals surface area contributed by atoms with Gasteiger partial charge in [-0.1, -0.05) is 119 Å². The molecule has 0 aliphatic rings. The van der Waals surface area contributed by atoms with Gasteiger partial charge in [0.15, 0.2) is 0 Å². The molecule has 4 N–H and O–H groups in total. The average Bonchev–Trinajstić information content (AvgIpc) is 3.12. The number of rotatable bonds is 10. The van der Waals surface area contributed by atoms with Gasteiger partial charge in [-0.25, -0.2) is 0 Å². The summed E-state index contributed by atoms with van der Waals surface area (Å²) in [5, 5.41) is 4.66. The quantitative estimate of drug-likeness (QED) is 0.104. The summed E-state index contributed by atoms with van der Waals surface area (Å²) in [6.07, 6.45) is 13.9. The SMILES string of the molecule is C=Cc1c(C=C)c(-c2ccc(CSC)nc2)c2cc(-c3cccc4ccccc34)ccc2c1C(/C=C\C(C)CS)=C/N.CC.CN. The van der Waals surface area contributed by atoms with Crippen molar-refractivity contribution >= 4 is 63.7 Å². The highest BCUT2D eigenvalue weighted by Crippen LogP contribution is 2.43. The van der Waals surface area contributed by atoms with Gasteiger partial charge in [0.1, 0.15) is 0 Å². The number of benzene rings is 4. The molecule has 0 saturated heterocycles.